The maximum absolute atomic E-state index is 13.3. The van der Waals surface area contributed by atoms with Crippen LogP contribution in [0.15, 0.2) is 71.7 Å². The number of para-hydroxylation sites is 2. The fourth-order valence-corrected chi connectivity index (χ4v) is 4.45. The lowest BCUT2D eigenvalue weighted by atomic mass is 10.3. The lowest BCUT2D eigenvalue weighted by molar-refractivity contribution is 0.214. The minimum absolute atomic E-state index is 0.165. The minimum Gasteiger partial charge on any atom is -0.490 e. The molecule has 1 aliphatic rings. The van der Waals surface area contributed by atoms with Gasteiger partial charge in [0.2, 0.25) is 15.8 Å². The van der Waals surface area contributed by atoms with E-state index in [1.54, 1.807) is 18.3 Å². The van der Waals surface area contributed by atoms with Crippen LogP contribution in [0, 0.1) is 0 Å². The summed E-state index contributed by atoms with van der Waals surface area (Å²) in [7, 11) is -3.26. The number of benzene rings is 2. The summed E-state index contributed by atoms with van der Waals surface area (Å²) in [5.74, 6) is 0.882. The molecule has 0 N–H and O–H groups in total. The van der Waals surface area contributed by atoms with Crippen molar-refractivity contribution in [1.29, 1.82) is 0 Å². The van der Waals surface area contributed by atoms with Crippen LogP contribution < -0.4 is 19.9 Å². The van der Waals surface area contributed by atoms with Gasteiger partial charge in [0.1, 0.15) is 24.7 Å². The van der Waals surface area contributed by atoms with Crippen LogP contribution in [0.4, 0.5) is 5.69 Å². The Morgan fingerprint density at radius 1 is 0.879 bits per heavy atom. The Bertz CT molecular complexity index is 1220. The molecule has 1 saturated heterocycles. The topological polar surface area (TPSA) is 94.0 Å². The van der Waals surface area contributed by atoms with E-state index in [1.165, 1.54) is 15.2 Å². The van der Waals surface area contributed by atoms with Crippen molar-refractivity contribution in [3.63, 3.8) is 0 Å². The number of rotatable bonds is 8. The van der Waals surface area contributed by atoms with Crippen molar-refractivity contribution in [1.82, 2.24) is 14.1 Å². The molecule has 0 amide bonds. The summed E-state index contributed by atoms with van der Waals surface area (Å²) in [4.78, 5) is 15.3. The van der Waals surface area contributed by atoms with Gasteiger partial charge in [0, 0.05) is 26.2 Å². The monoisotopic (exact) mass is 470 g/mol. The average molecular weight is 471 g/mol. The number of aromatic nitrogens is 2. The van der Waals surface area contributed by atoms with Gasteiger partial charge in [-0.1, -0.05) is 36.4 Å². The summed E-state index contributed by atoms with van der Waals surface area (Å²) in [5, 5.41) is 4.35. The van der Waals surface area contributed by atoms with Crippen LogP contribution in [0.1, 0.15) is 0 Å². The molecule has 0 spiro atoms. The summed E-state index contributed by atoms with van der Waals surface area (Å²) in [6, 6.07) is 18.5. The van der Waals surface area contributed by atoms with Gasteiger partial charge in [-0.05, 0) is 24.3 Å². The first-order chi connectivity index (χ1) is 15.9. The van der Waals surface area contributed by atoms with Crippen molar-refractivity contribution in [3.8, 4) is 17.2 Å². The summed E-state index contributed by atoms with van der Waals surface area (Å²) in [5.41, 5.74) is 0.783. The maximum Gasteiger partial charge on any atom is 0.316 e. The zero-order valence-electron chi connectivity index (χ0n) is 18.3. The number of sulfonamides is 1. The van der Waals surface area contributed by atoms with Gasteiger partial charge < -0.3 is 14.4 Å². The number of ether oxygens (including phenoxy) is 2. The highest BCUT2D eigenvalue weighted by atomic mass is 32.2. The number of hydrogen-bond donors (Lipinski definition) is 0. The van der Waals surface area contributed by atoms with Crippen LogP contribution in [-0.4, -0.2) is 68.2 Å². The predicted octanol–water partition coefficient (Wildman–Crippen LogP) is 1.77. The van der Waals surface area contributed by atoms with E-state index in [-0.39, 0.29) is 24.5 Å². The molecule has 0 saturated carbocycles. The highest BCUT2D eigenvalue weighted by molar-refractivity contribution is 7.88. The first-order valence-corrected chi connectivity index (χ1v) is 12.5. The van der Waals surface area contributed by atoms with Crippen molar-refractivity contribution >= 4 is 15.7 Å². The fraction of sp³-hybridized carbons (Fsp3) is 0.304. The Balaban J connectivity index is 1.56. The van der Waals surface area contributed by atoms with E-state index in [0.717, 1.165) is 5.75 Å². The van der Waals surface area contributed by atoms with E-state index in [4.69, 9.17) is 9.47 Å². The van der Waals surface area contributed by atoms with Gasteiger partial charge in [-0.2, -0.15) is 14.1 Å². The summed E-state index contributed by atoms with van der Waals surface area (Å²) in [6.07, 6.45) is 2.80. The zero-order valence-corrected chi connectivity index (χ0v) is 19.1. The molecule has 10 heteroatoms. The smallest absolute Gasteiger partial charge is 0.316 e. The predicted molar refractivity (Wildman–Crippen MR) is 126 cm³/mol. The van der Waals surface area contributed by atoms with Gasteiger partial charge >= 0.3 is 5.56 Å². The van der Waals surface area contributed by atoms with Crippen molar-refractivity contribution in [2.45, 2.75) is 0 Å². The van der Waals surface area contributed by atoms with Crippen molar-refractivity contribution < 1.29 is 17.9 Å². The minimum atomic E-state index is -3.26. The second-order valence-corrected chi connectivity index (χ2v) is 9.55. The molecule has 0 radical (unpaired) electrons. The number of anilines is 1. The van der Waals surface area contributed by atoms with E-state index >= 15 is 0 Å². The third-order valence-corrected chi connectivity index (χ3v) is 6.61. The summed E-state index contributed by atoms with van der Waals surface area (Å²) in [6.45, 7) is 1.95. The van der Waals surface area contributed by atoms with Crippen LogP contribution in [0.5, 0.6) is 11.5 Å². The molecule has 1 fully saturated rings. The molecule has 2 heterocycles. The second-order valence-electron chi connectivity index (χ2n) is 7.57. The fourth-order valence-electron chi connectivity index (χ4n) is 3.62. The largest absolute Gasteiger partial charge is 0.490 e. The summed E-state index contributed by atoms with van der Waals surface area (Å²) >= 11 is 0. The molecule has 0 bridgehead atoms. The maximum atomic E-state index is 13.3. The third kappa shape index (κ3) is 5.52. The van der Waals surface area contributed by atoms with E-state index in [2.05, 4.69) is 5.10 Å². The van der Waals surface area contributed by atoms with Gasteiger partial charge in [-0.3, -0.25) is 4.79 Å². The Morgan fingerprint density at radius 2 is 1.48 bits per heavy atom. The Kier molecular flexibility index (Phi) is 6.95. The van der Waals surface area contributed by atoms with Crippen LogP contribution in [0.2, 0.25) is 0 Å². The number of nitrogens with zero attached hydrogens (tertiary/aromatic N) is 4. The quantitative estimate of drug-likeness (QED) is 0.463. The molecule has 33 heavy (non-hydrogen) atoms. The van der Waals surface area contributed by atoms with Crippen LogP contribution >= 0.6 is 0 Å². The normalized spacial score (nSPS) is 14.8. The van der Waals surface area contributed by atoms with Crippen molar-refractivity contribution in [3.05, 3.63) is 77.2 Å². The number of hydrogen-bond acceptors (Lipinski definition) is 7. The third-order valence-electron chi connectivity index (χ3n) is 5.31. The van der Waals surface area contributed by atoms with Crippen LogP contribution in [0.3, 0.4) is 0 Å². The first kappa shape index (κ1) is 22.8. The van der Waals surface area contributed by atoms with Crippen LogP contribution in [-0.2, 0) is 10.0 Å². The lowest BCUT2D eigenvalue weighted by Gasteiger charge is -2.35. The molecule has 0 unspecified atom stereocenters. The van der Waals surface area contributed by atoms with Gasteiger partial charge in [0.25, 0.3) is 0 Å². The average Bonchev–Trinajstić information content (AvgIpc) is 2.83. The van der Waals surface area contributed by atoms with Crippen LogP contribution in [0.25, 0.3) is 5.69 Å². The molecule has 174 valence electrons. The van der Waals surface area contributed by atoms with E-state index in [1.807, 2.05) is 53.4 Å². The van der Waals surface area contributed by atoms with E-state index in [9.17, 15) is 13.2 Å². The lowest BCUT2D eigenvalue weighted by Crippen LogP contribution is -2.48. The molecule has 0 aliphatic carbocycles. The van der Waals surface area contributed by atoms with Gasteiger partial charge in [0.15, 0.2) is 0 Å². The molecule has 1 aliphatic heterocycles. The Hall–Kier alpha value is -3.37. The summed E-state index contributed by atoms with van der Waals surface area (Å²) < 4.78 is 38.0. The molecule has 2 aromatic carbocycles. The van der Waals surface area contributed by atoms with Gasteiger partial charge in [-0.25, -0.2) is 8.42 Å². The molecule has 4 rings (SSSR count). The molecule has 1 aromatic heterocycles. The van der Waals surface area contributed by atoms with Gasteiger partial charge in [-0.15, -0.1) is 0 Å². The Labute approximate surface area is 192 Å². The molecular weight excluding hydrogens is 444 g/mol. The highest BCUT2D eigenvalue weighted by Gasteiger charge is 2.27. The van der Waals surface area contributed by atoms with Gasteiger partial charge in [0.05, 0.1) is 18.1 Å². The van der Waals surface area contributed by atoms with E-state index in [0.29, 0.717) is 37.6 Å². The SMILES string of the molecule is CS(=O)(=O)N1CCN(c2cnn(-c3ccccc3)c(=O)c2OCCOc2ccccc2)CC1. The molecule has 3 aromatic rings. The van der Waals surface area contributed by atoms with Crippen molar-refractivity contribution in [2.24, 2.45) is 0 Å². The highest BCUT2D eigenvalue weighted by Crippen LogP contribution is 2.26. The molecule has 0 atom stereocenters. The first-order valence-electron chi connectivity index (χ1n) is 10.6. The molecule has 9 nitrogen and oxygen atoms in total. The standard InChI is InChI=1S/C23H26N4O5S/c1-33(29,30)26-14-12-25(13-15-26)21-18-24-27(19-8-4-2-5-9-19)23(28)22(21)32-17-16-31-20-10-6-3-7-11-20/h2-11,18H,12-17H2,1H3. The van der Waals surface area contributed by atoms with Crippen molar-refractivity contribution in [2.75, 3.05) is 50.5 Å². The molecular formula is C23H26N4O5S. The Morgan fingerprint density at radius 3 is 2.12 bits per heavy atom. The van der Waals surface area contributed by atoms with E-state index < -0.39 is 10.0 Å². The zero-order chi connectivity index (χ0) is 23.3. The number of piperazine rings is 1. The second kappa shape index (κ2) is 10.1.